The number of carboxylic acids is 1. The first-order chi connectivity index (χ1) is 29.1. The number of ether oxygens (including phenoxy) is 2. The summed E-state index contributed by atoms with van der Waals surface area (Å²) in [6, 6.07) is 23.1. The lowest BCUT2D eigenvalue weighted by molar-refractivity contribution is -0.142. The highest BCUT2D eigenvalue weighted by atomic mass is 19.3. The number of hydrogen-bond acceptors (Lipinski definition) is 12. The lowest BCUT2D eigenvalue weighted by Crippen LogP contribution is -2.35. The molecule has 0 spiro atoms. The number of carboxylic acid groups (broad SMARTS) is 1. The van der Waals surface area contributed by atoms with E-state index in [4.69, 9.17) is 33.5 Å². The molecule has 3 N–H and O–H groups in total. The Morgan fingerprint density at radius 3 is 2.15 bits per heavy atom. The third-order valence-electron chi connectivity index (χ3n) is 10.7. The third-order valence-corrected chi connectivity index (χ3v) is 10.7. The van der Waals surface area contributed by atoms with Crippen LogP contribution in [0.25, 0.3) is 56.2 Å². The van der Waals surface area contributed by atoms with Crippen molar-refractivity contribution < 1.29 is 42.1 Å². The normalized spacial score (nSPS) is 14.3. The number of fused-ring (bicyclic) bond motifs is 2. The zero-order valence-corrected chi connectivity index (χ0v) is 32.7. The summed E-state index contributed by atoms with van der Waals surface area (Å²) >= 11 is 0. The van der Waals surface area contributed by atoms with Crippen LogP contribution < -0.4 is 14.8 Å². The largest absolute Gasteiger partial charge is 0.488 e. The minimum atomic E-state index is -3.09. The Balaban J connectivity index is 1.10. The first-order valence-electron chi connectivity index (χ1n) is 19.4. The summed E-state index contributed by atoms with van der Waals surface area (Å²) in [6.07, 6.45) is 2.77. The van der Waals surface area contributed by atoms with E-state index < -0.39 is 18.6 Å². The van der Waals surface area contributed by atoms with E-state index in [1.54, 1.807) is 35.4 Å². The molecule has 0 radical (unpaired) electrons. The SMILES string of the molecule is Cc1c(-c2nc3cc(CNCCO)c(OCc4ccc(C#N)nc4)cc3o2)cccc1-c1cccc(-c2nc3cc(CN4CCC[C@H]4C(=O)O)c(OC(F)F)cc3o2)c1C. The fourth-order valence-corrected chi connectivity index (χ4v) is 7.70. The van der Waals surface area contributed by atoms with Crippen LogP contribution in [0.15, 0.2) is 87.8 Å². The van der Waals surface area contributed by atoms with Crippen LogP contribution in [-0.2, 0) is 24.5 Å². The minimum Gasteiger partial charge on any atom is -0.488 e. The first-order valence-corrected chi connectivity index (χ1v) is 19.4. The number of halogens is 2. The second kappa shape index (κ2) is 17.2. The molecule has 7 aromatic rings. The van der Waals surface area contributed by atoms with Crippen LogP contribution in [0.4, 0.5) is 8.78 Å². The van der Waals surface area contributed by atoms with E-state index in [0.717, 1.165) is 38.9 Å². The van der Waals surface area contributed by atoms with Gasteiger partial charge in [0.05, 0.1) is 6.61 Å². The fourth-order valence-electron chi connectivity index (χ4n) is 7.70. The Morgan fingerprint density at radius 1 is 0.933 bits per heavy atom. The van der Waals surface area contributed by atoms with Gasteiger partial charge in [0, 0.05) is 65.8 Å². The lowest BCUT2D eigenvalue weighted by Gasteiger charge is -2.22. The molecule has 60 heavy (non-hydrogen) atoms. The number of nitriles is 1. The third kappa shape index (κ3) is 8.26. The van der Waals surface area contributed by atoms with Crippen molar-refractivity contribution >= 4 is 28.2 Å². The first kappa shape index (κ1) is 40.1. The quantitative estimate of drug-likeness (QED) is 0.0845. The van der Waals surface area contributed by atoms with Crippen LogP contribution >= 0.6 is 0 Å². The van der Waals surface area contributed by atoms with Gasteiger partial charge in [-0.25, -0.2) is 15.0 Å². The molecule has 4 heterocycles. The number of nitrogens with one attached hydrogen (secondary N) is 1. The van der Waals surface area contributed by atoms with Crippen molar-refractivity contribution in [1.29, 1.82) is 5.26 Å². The van der Waals surface area contributed by atoms with Crippen molar-refractivity contribution in [2.45, 2.75) is 59.0 Å². The molecule has 1 atom stereocenters. The molecule has 1 fully saturated rings. The van der Waals surface area contributed by atoms with Crippen molar-refractivity contribution in [3.8, 4) is 51.6 Å². The highest BCUT2D eigenvalue weighted by molar-refractivity contribution is 5.85. The van der Waals surface area contributed by atoms with Gasteiger partial charge in [0.15, 0.2) is 11.2 Å². The Morgan fingerprint density at radius 2 is 1.57 bits per heavy atom. The smallest absolute Gasteiger partial charge is 0.387 e. The van der Waals surface area contributed by atoms with Gasteiger partial charge in [-0.05, 0) is 85.8 Å². The molecule has 1 saturated heterocycles. The van der Waals surface area contributed by atoms with Crippen LogP contribution in [0.1, 0.15) is 46.4 Å². The average molecular weight is 815 g/mol. The van der Waals surface area contributed by atoms with E-state index >= 15 is 0 Å². The minimum absolute atomic E-state index is 0.0201. The van der Waals surface area contributed by atoms with E-state index in [0.29, 0.717) is 83.4 Å². The van der Waals surface area contributed by atoms with Crippen LogP contribution in [0.3, 0.4) is 0 Å². The van der Waals surface area contributed by atoms with Crippen LogP contribution in [0, 0.1) is 25.2 Å². The number of rotatable bonds is 15. The maximum Gasteiger partial charge on any atom is 0.387 e. The zero-order valence-electron chi connectivity index (χ0n) is 32.7. The molecular formula is C45H40F2N6O7. The van der Waals surface area contributed by atoms with Crippen molar-refractivity contribution in [3.05, 3.63) is 113 Å². The van der Waals surface area contributed by atoms with E-state index in [1.807, 2.05) is 62.4 Å². The highest BCUT2D eigenvalue weighted by Crippen LogP contribution is 2.40. The highest BCUT2D eigenvalue weighted by Gasteiger charge is 2.31. The number of aromatic nitrogens is 3. The number of aliphatic hydroxyl groups excluding tert-OH is 1. The standard InChI is InChI=1S/C45H40F2N6O7/c1-25-31(6-3-8-33(25)42-51-35-16-28(22-49-13-15-54)38(18-40(35)58-42)57-24-27-11-12-30(20-48)50-21-27)32-7-4-9-34(26(32)2)43-52-36-17-29(23-53-14-5-10-37(53)44(55)56)39(60-45(46)47)19-41(36)59-43/h3-4,6-9,11-12,16-19,21,37,45,49,54H,5,10,13-15,22-24H2,1-2H3,(H,55,56)/t37-/m0/s1. The van der Waals surface area contributed by atoms with Gasteiger partial charge in [-0.1, -0.05) is 30.3 Å². The summed E-state index contributed by atoms with van der Waals surface area (Å²) in [5, 5.41) is 31.3. The van der Waals surface area contributed by atoms with Gasteiger partial charge in [0.1, 0.15) is 46.9 Å². The average Bonchev–Trinajstić information content (AvgIpc) is 3.99. The Labute approximate surface area is 342 Å². The summed E-state index contributed by atoms with van der Waals surface area (Å²) in [4.78, 5) is 27.3. The predicted octanol–water partition coefficient (Wildman–Crippen LogP) is 8.16. The second-order valence-corrected chi connectivity index (χ2v) is 14.5. The molecule has 13 nitrogen and oxygen atoms in total. The van der Waals surface area contributed by atoms with Crippen molar-refractivity contribution in [2.24, 2.45) is 0 Å². The van der Waals surface area contributed by atoms with Crippen LogP contribution in [0.2, 0.25) is 0 Å². The van der Waals surface area contributed by atoms with E-state index in [2.05, 4.69) is 10.3 Å². The molecule has 1 aliphatic heterocycles. The van der Waals surface area contributed by atoms with Gasteiger partial charge in [0.2, 0.25) is 11.8 Å². The van der Waals surface area contributed by atoms with Gasteiger partial charge in [-0.2, -0.15) is 14.0 Å². The van der Waals surface area contributed by atoms with Crippen molar-refractivity contribution in [1.82, 2.24) is 25.2 Å². The van der Waals surface area contributed by atoms with Gasteiger partial charge < -0.3 is 33.8 Å². The molecule has 4 aromatic carbocycles. The van der Waals surface area contributed by atoms with Crippen LogP contribution in [0.5, 0.6) is 11.5 Å². The molecule has 0 unspecified atom stereocenters. The molecule has 3 aromatic heterocycles. The molecule has 306 valence electrons. The summed E-state index contributed by atoms with van der Waals surface area (Å²) in [7, 11) is 0. The van der Waals surface area contributed by atoms with Gasteiger partial charge in [0.25, 0.3) is 0 Å². The second-order valence-electron chi connectivity index (χ2n) is 14.5. The number of likely N-dealkylation sites (tertiary alicyclic amines) is 1. The molecular weight excluding hydrogens is 775 g/mol. The number of alkyl halides is 2. The predicted molar refractivity (Wildman–Crippen MR) is 217 cm³/mol. The van der Waals surface area contributed by atoms with E-state index in [1.165, 1.54) is 6.07 Å². The monoisotopic (exact) mass is 814 g/mol. The van der Waals surface area contributed by atoms with Gasteiger partial charge in [-0.3, -0.25) is 9.69 Å². The molecule has 15 heteroatoms. The molecule has 0 saturated carbocycles. The number of carbonyl (C=O) groups is 1. The molecule has 8 rings (SSSR count). The summed E-state index contributed by atoms with van der Waals surface area (Å²) in [5.41, 5.74) is 9.25. The Kier molecular flexibility index (Phi) is 11.5. The zero-order chi connectivity index (χ0) is 41.9. The molecule has 0 amide bonds. The van der Waals surface area contributed by atoms with Crippen LogP contribution in [-0.4, -0.2) is 68.4 Å². The van der Waals surface area contributed by atoms with Crippen molar-refractivity contribution in [3.63, 3.8) is 0 Å². The maximum absolute atomic E-state index is 13.5. The lowest BCUT2D eigenvalue weighted by atomic mass is 9.91. The number of benzene rings is 4. The molecule has 1 aliphatic rings. The van der Waals surface area contributed by atoms with Gasteiger partial charge in [-0.15, -0.1) is 0 Å². The van der Waals surface area contributed by atoms with Gasteiger partial charge >= 0.3 is 12.6 Å². The number of nitrogens with zero attached hydrogens (tertiary/aromatic N) is 5. The van der Waals surface area contributed by atoms with E-state index in [-0.39, 0.29) is 31.1 Å². The number of aliphatic hydroxyl groups is 1. The Hall–Kier alpha value is -6.73. The summed E-state index contributed by atoms with van der Waals surface area (Å²) in [5.74, 6) is 0.240. The number of hydrogen-bond donors (Lipinski definition) is 3. The fraction of sp³-hybridized carbons (Fsp3) is 0.267. The van der Waals surface area contributed by atoms with Crippen molar-refractivity contribution in [2.75, 3.05) is 19.7 Å². The number of pyridine rings is 1. The molecule has 0 aliphatic carbocycles. The number of oxazole rings is 2. The summed E-state index contributed by atoms with van der Waals surface area (Å²) < 4.78 is 50.7. The van der Waals surface area contributed by atoms with E-state index in [9.17, 15) is 23.8 Å². The summed E-state index contributed by atoms with van der Waals surface area (Å²) in [6.45, 7) is 2.51. The molecule has 0 bridgehead atoms. The maximum atomic E-state index is 13.5. The number of aliphatic carboxylic acids is 1. The Bertz CT molecular complexity index is 2740. The topological polar surface area (TPSA) is 180 Å².